The van der Waals surface area contributed by atoms with Crippen molar-refractivity contribution in [2.45, 2.75) is 49.9 Å². The molecule has 15 heteroatoms. The van der Waals surface area contributed by atoms with Crippen LogP contribution in [0.5, 0.6) is 5.75 Å². The number of carboxylic acids is 3. The van der Waals surface area contributed by atoms with Gasteiger partial charge in [-0.3, -0.25) is 24.0 Å². The Kier molecular flexibility index (Phi) is 12.2. The maximum Gasteiger partial charge on any atom is 0.327 e. The molecule has 0 aromatic heterocycles. The zero-order valence-corrected chi connectivity index (χ0v) is 19.8. The SMILES string of the molecule is NC(Cc1ccc(O)cc1)C(=O)NC(CC(=O)O)C(=O)NC(CCC(=O)O)C(=O)NC(CS)C(=O)O. The van der Waals surface area contributed by atoms with Crippen LogP contribution in [0.15, 0.2) is 24.3 Å². The topological polar surface area (TPSA) is 245 Å². The van der Waals surface area contributed by atoms with Crippen LogP contribution < -0.4 is 21.7 Å². The minimum absolute atomic E-state index is 0.000463. The van der Waals surface area contributed by atoms with Crippen LogP contribution in [-0.2, 0) is 35.2 Å². The van der Waals surface area contributed by atoms with Gasteiger partial charge in [0.15, 0.2) is 0 Å². The molecule has 1 aromatic rings. The van der Waals surface area contributed by atoms with Crippen LogP contribution >= 0.6 is 12.6 Å². The van der Waals surface area contributed by atoms with Crippen LogP contribution in [0.1, 0.15) is 24.8 Å². The van der Waals surface area contributed by atoms with Crippen molar-refractivity contribution in [3.05, 3.63) is 29.8 Å². The Hall–Kier alpha value is -3.85. The number of carbonyl (C=O) groups is 6. The van der Waals surface area contributed by atoms with Crippen LogP contribution in [0.3, 0.4) is 0 Å². The van der Waals surface area contributed by atoms with Gasteiger partial charge >= 0.3 is 17.9 Å². The van der Waals surface area contributed by atoms with E-state index < -0.39 is 79.1 Å². The van der Waals surface area contributed by atoms with Gasteiger partial charge in [0.05, 0.1) is 12.5 Å². The lowest BCUT2D eigenvalue weighted by molar-refractivity contribution is -0.143. The van der Waals surface area contributed by atoms with E-state index in [9.17, 15) is 33.9 Å². The van der Waals surface area contributed by atoms with Crippen molar-refractivity contribution in [2.24, 2.45) is 5.73 Å². The fraction of sp³-hybridized carbons (Fsp3) is 0.429. The van der Waals surface area contributed by atoms with Gasteiger partial charge in [-0.2, -0.15) is 12.6 Å². The Morgan fingerprint density at radius 3 is 1.83 bits per heavy atom. The zero-order valence-electron chi connectivity index (χ0n) is 18.9. The van der Waals surface area contributed by atoms with E-state index in [0.29, 0.717) is 5.56 Å². The predicted molar refractivity (Wildman–Crippen MR) is 126 cm³/mol. The number of phenolic OH excluding ortho intramolecular Hbond substituents is 1. The quantitative estimate of drug-likeness (QED) is 0.113. The van der Waals surface area contributed by atoms with Gasteiger partial charge in [0, 0.05) is 12.2 Å². The lowest BCUT2D eigenvalue weighted by atomic mass is 10.0. The highest BCUT2D eigenvalue weighted by molar-refractivity contribution is 7.80. The molecule has 0 aliphatic heterocycles. The molecule has 9 N–H and O–H groups in total. The molecule has 14 nitrogen and oxygen atoms in total. The molecule has 0 fully saturated rings. The number of benzene rings is 1. The van der Waals surface area contributed by atoms with Crippen LogP contribution in [0.2, 0.25) is 0 Å². The number of hydrogen-bond donors (Lipinski definition) is 9. The molecule has 0 bridgehead atoms. The van der Waals surface area contributed by atoms with E-state index in [1.54, 1.807) is 0 Å². The summed E-state index contributed by atoms with van der Waals surface area (Å²) in [5.74, 6) is -7.51. The molecular weight excluding hydrogens is 500 g/mol. The van der Waals surface area contributed by atoms with E-state index in [2.05, 4.69) is 28.6 Å². The normalized spacial score (nSPS) is 13.9. The largest absolute Gasteiger partial charge is 0.508 e. The summed E-state index contributed by atoms with van der Waals surface area (Å²) in [6, 6.07) is -0.0588. The number of thiol groups is 1. The molecule has 198 valence electrons. The van der Waals surface area contributed by atoms with Crippen LogP contribution in [-0.4, -0.2) is 86.0 Å². The van der Waals surface area contributed by atoms with Crippen molar-refractivity contribution in [3.63, 3.8) is 0 Å². The highest BCUT2D eigenvalue weighted by Crippen LogP contribution is 2.11. The summed E-state index contributed by atoms with van der Waals surface area (Å²) in [4.78, 5) is 71.2. The maximum atomic E-state index is 12.8. The number of carbonyl (C=O) groups excluding carboxylic acids is 3. The average molecular weight is 529 g/mol. The van der Waals surface area contributed by atoms with Gasteiger partial charge in [-0.25, -0.2) is 4.79 Å². The summed E-state index contributed by atoms with van der Waals surface area (Å²) in [7, 11) is 0. The van der Waals surface area contributed by atoms with Gasteiger partial charge in [-0.05, 0) is 30.5 Å². The second kappa shape index (κ2) is 14.5. The number of aliphatic carboxylic acids is 3. The molecule has 0 radical (unpaired) electrons. The summed E-state index contributed by atoms with van der Waals surface area (Å²) in [5, 5.41) is 43.0. The predicted octanol–water partition coefficient (Wildman–Crippen LogP) is -1.93. The van der Waals surface area contributed by atoms with E-state index in [0.717, 1.165) is 0 Å². The lowest BCUT2D eigenvalue weighted by Crippen LogP contribution is -2.57. The number of nitrogens with two attached hydrogens (primary N) is 1. The number of amides is 3. The molecule has 0 aliphatic carbocycles. The lowest BCUT2D eigenvalue weighted by Gasteiger charge is -2.24. The molecule has 0 heterocycles. The second-order valence-electron chi connectivity index (χ2n) is 7.71. The van der Waals surface area contributed by atoms with E-state index in [1.165, 1.54) is 24.3 Å². The summed E-state index contributed by atoms with van der Waals surface area (Å²) in [5.41, 5.74) is 6.43. The molecule has 36 heavy (non-hydrogen) atoms. The standard InChI is InChI=1S/C21H28N4O10S/c22-12(7-10-1-3-11(26)4-2-10)18(31)24-14(8-17(29)30)20(33)23-13(5-6-16(27)28)19(32)25-15(9-36)21(34)35/h1-4,12-15,26,36H,5-9,22H2,(H,23,33)(H,24,31)(H,25,32)(H,27,28)(H,29,30)(H,34,35). The van der Waals surface area contributed by atoms with E-state index >= 15 is 0 Å². The molecule has 4 unspecified atom stereocenters. The van der Waals surface area contributed by atoms with E-state index in [-0.39, 0.29) is 17.9 Å². The van der Waals surface area contributed by atoms with Crippen molar-refractivity contribution in [3.8, 4) is 5.75 Å². The van der Waals surface area contributed by atoms with Crippen molar-refractivity contribution in [1.82, 2.24) is 16.0 Å². The van der Waals surface area contributed by atoms with Crippen LogP contribution in [0.4, 0.5) is 0 Å². The molecule has 0 aliphatic rings. The molecule has 4 atom stereocenters. The third-order valence-corrected chi connectivity index (χ3v) is 5.18. The molecular formula is C21H28N4O10S. The first-order valence-corrected chi connectivity index (χ1v) is 11.2. The Labute approximate surface area is 210 Å². The first-order chi connectivity index (χ1) is 16.8. The van der Waals surface area contributed by atoms with E-state index in [1.807, 2.05) is 0 Å². The van der Waals surface area contributed by atoms with E-state index in [4.69, 9.17) is 21.1 Å². The molecule has 0 saturated heterocycles. The highest BCUT2D eigenvalue weighted by Gasteiger charge is 2.31. The Bertz CT molecular complexity index is 972. The van der Waals surface area contributed by atoms with Gasteiger partial charge in [0.2, 0.25) is 17.7 Å². The smallest absolute Gasteiger partial charge is 0.327 e. The number of nitrogens with one attached hydrogen (secondary N) is 3. The molecule has 3 amide bonds. The minimum atomic E-state index is -1.68. The Morgan fingerprint density at radius 2 is 1.33 bits per heavy atom. The second-order valence-corrected chi connectivity index (χ2v) is 8.08. The van der Waals surface area contributed by atoms with Gasteiger partial charge < -0.3 is 42.1 Å². The third kappa shape index (κ3) is 10.6. The third-order valence-electron chi connectivity index (χ3n) is 4.82. The van der Waals surface area contributed by atoms with Gasteiger partial charge in [0.1, 0.15) is 23.9 Å². The maximum absolute atomic E-state index is 12.8. The molecule has 0 spiro atoms. The number of phenols is 1. The van der Waals surface area contributed by atoms with Gasteiger partial charge in [0.25, 0.3) is 0 Å². The first kappa shape index (κ1) is 30.2. The average Bonchev–Trinajstić information content (AvgIpc) is 2.80. The number of rotatable bonds is 15. The van der Waals surface area contributed by atoms with Crippen molar-refractivity contribution < 1.29 is 49.2 Å². The number of hydrogen-bond acceptors (Lipinski definition) is 9. The Morgan fingerprint density at radius 1 is 0.806 bits per heavy atom. The minimum Gasteiger partial charge on any atom is -0.508 e. The molecule has 0 saturated carbocycles. The van der Waals surface area contributed by atoms with Crippen LogP contribution in [0, 0.1) is 0 Å². The monoisotopic (exact) mass is 528 g/mol. The highest BCUT2D eigenvalue weighted by atomic mass is 32.1. The van der Waals surface area contributed by atoms with Crippen molar-refractivity contribution in [2.75, 3.05) is 5.75 Å². The molecule has 1 aromatic carbocycles. The summed E-state index contributed by atoms with van der Waals surface area (Å²) >= 11 is 3.81. The number of carboxylic acid groups (broad SMARTS) is 3. The summed E-state index contributed by atoms with van der Waals surface area (Å²) in [6.45, 7) is 0. The zero-order chi connectivity index (χ0) is 27.4. The van der Waals surface area contributed by atoms with Crippen molar-refractivity contribution in [1.29, 1.82) is 0 Å². The Balaban J connectivity index is 2.97. The number of aromatic hydroxyl groups is 1. The van der Waals surface area contributed by atoms with Crippen molar-refractivity contribution >= 4 is 48.3 Å². The summed E-state index contributed by atoms with van der Waals surface area (Å²) in [6.07, 6.45) is -1.91. The fourth-order valence-electron chi connectivity index (χ4n) is 2.91. The fourth-order valence-corrected chi connectivity index (χ4v) is 3.16. The van der Waals surface area contributed by atoms with Gasteiger partial charge in [-0.15, -0.1) is 0 Å². The molecule has 1 rings (SSSR count). The summed E-state index contributed by atoms with van der Waals surface area (Å²) < 4.78 is 0. The first-order valence-electron chi connectivity index (χ1n) is 10.6. The van der Waals surface area contributed by atoms with Gasteiger partial charge in [-0.1, -0.05) is 12.1 Å². The van der Waals surface area contributed by atoms with Crippen LogP contribution in [0.25, 0.3) is 0 Å².